The van der Waals surface area contributed by atoms with E-state index in [1.807, 2.05) is 30.5 Å². The molecule has 2 heterocycles. The Morgan fingerprint density at radius 2 is 1.96 bits per heavy atom. The van der Waals surface area contributed by atoms with Crippen molar-refractivity contribution in [2.75, 3.05) is 6.54 Å². The number of fused-ring (bicyclic) bond motifs is 1. The standard InChI is InChI=1S/C20H21N3O3/c1-4-10-22-19(25)16(18(24)21-20(22)26)11-14-12-23(13(3)5-2)17-9-7-6-8-15(14)17/h4,6-9,11-13H,1,5,10H2,2-3H3,(H,21,24,26)/b16-11+/t13-/m1/s1. The van der Waals surface area contributed by atoms with Crippen LogP contribution in [-0.4, -0.2) is 33.9 Å². The first kappa shape index (κ1) is 17.7. The summed E-state index contributed by atoms with van der Waals surface area (Å²) in [6.45, 7) is 7.81. The molecule has 26 heavy (non-hydrogen) atoms. The molecule has 2 aromatic rings. The number of rotatable bonds is 5. The summed E-state index contributed by atoms with van der Waals surface area (Å²) in [4.78, 5) is 37.6. The molecule has 0 spiro atoms. The molecule has 1 atom stereocenters. The van der Waals surface area contributed by atoms with Gasteiger partial charge in [-0.3, -0.25) is 19.8 Å². The highest BCUT2D eigenvalue weighted by Crippen LogP contribution is 2.28. The molecule has 1 N–H and O–H groups in total. The van der Waals surface area contributed by atoms with Gasteiger partial charge in [0, 0.05) is 35.2 Å². The first-order valence-corrected chi connectivity index (χ1v) is 8.57. The SMILES string of the molecule is C=CCN1C(=O)NC(=O)/C(=C\c2cn([C@H](C)CC)c3ccccc23)C1=O. The van der Waals surface area contributed by atoms with E-state index in [4.69, 9.17) is 0 Å². The Hall–Kier alpha value is -3.15. The number of urea groups is 1. The number of imide groups is 2. The van der Waals surface area contributed by atoms with Gasteiger partial charge in [0.25, 0.3) is 11.8 Å². The lowest BCUT2D eigenvalue weighted by Crippen LogP contribution is -2.54. The summed E-state index contributed by atoms with van der Waals surface area (Å²) < 4.78 is 2.14. The van der Waals surface area contributed by atoms with Gasteiger partial charge >= 0.3 is 6.03 Å². The normalized spacial score (nSPS) is 17.7. The first-order valence-electron chi connectivity index (χ1n) is 8.57. The Labute approximate surface area is 151 Å². The summed E-state index contributed by atoms with van der Waals surface area (Å²) in [7, 11) is 0. The third-order valence-corrected chi connectivity index (χ3v) is 4.63. The summed E-state index contributed by atoms with van der Waals surface area (Å²) in [6, 6.07) is 7.40. The molecule has 6 nitrogen and oxygen atoms in total. The van der Waals surface area contributed by atoms with Crippen LogP contribution < -0.4 is 5.32 Å². The minimum absolute atomic E-state index is 0.0456. The Kier molecular flexibility index (Phi) is 4.75. The summed E-state index contributed by atoms with van der Waals surface area (Å²) >= 11 is 0. The maximum Gasteiger partial charge on any atom is 0.331 e. The molecule has 1 fully saturated rings. The topological polar surface area (TPSA) is 71.4 Å². The van der Waals surface area contributed by atoms with Gasteiger partial charge in [0.2, 0.25) is 0 Å². The van der Waals surface area contributed by atoms with Crippen molar-refractivity contribution in [1.29, 1.82) is 0 Å². The van der Waals surface area contributed by atoms with Crippen LogP contribution in [0.5, 0.6) is 0 Å². The minimum Gasteiger partial charge on any atom is -0.344 e. The zero-order valence-corrected chi connectivity index (χ0v) is 14.9. The van der Waals surface area contributed by atoms with E-state index in [0.717, 1.165) is 27.8 Å². The van der Waals surface area contributed by atoms with Crippen molar-refractivity contribution < 1.29 is 14.4 Å². The zero-order valence-electron chi connectivity index (χ0n) is 14.9. The summed E-state index contributed by atoms with van der Waals surface area (Å²) in [6.07, 6.45) is 5.90. The van der Waals surface area contributed by atoms with Crippen molar-refractivity contribution in [3.63, 3.8) is 0 Å². The van der Waals surface area contributed by atoms with Crippen LogP contribution >= 0.6 is 0 Å². The molecule has 1 aromatic carbocycles. The largest absolute Gasteiger partial charge is 0.344 e. The number of nitrogens with one attached hydrogen (secondary N) is 1. The maximum absolute atomic E-state index is 12.6. The monoisotopic (exact) mass is 351 g/mol. The van der Waals surface area contributed by atoms with Crippen LogP contribution in [0.2, 0.25) is 0 Å². The average Bonchev–Trinajstić information content (AvgIpc) is 3.00. The van der Waals surface area contributed by atoms with Crippen LogP contribution in [0, 0.1) is 0 Å². The van der Waals surface area contributed by atoms with Crippen molar-refractivity contribution in [2.45, 2.75) is 26.3 Å². The van der Waals surface area contributed by atoms with Crippen molar-refractivity contribution in [2.24, 2.45) is 0 Å². The van der Waals surface area contributed by atoms with Gasteiger partial charge in [0.05, 0.1) is 0 Å². The quantitative estimate of drug-likeness (QED) is 0.511. The smallest absolute Gasteiger partial charge is 0.331 e. The van der Waals surface area contributed by atoms with E-state index >= 15 is 0 Å². The lowest BCUT2D eigenvalue weighted by molar-refractivity contribution is -0.129. The van der Waals surface area contributed by atoms with E-state index in [-0.39, 0.29) is 18.2 Å². The molecule has 1 saturated heterocycles. The van der Waals surface area contributed by atoms with E-state index < -0.39 is 17.8 Å². The fourth-order valence-electron chi connectivity index (χ4n) is 3.05. The highest BCUT2D eigenvalue weighted by Gasteiger charge is 2.35. The third kappa shape index (κ3) is 2.94. The third-order valence-electron chi connectivity index (χ3n) is 4.63. The van der Waals surface area contributed by atoms with E-state index in [2.05, 4.69) is 30.3 Å². The Bertz CT molecular complexity index is 939. The van der Waals surface area contributed by atoms with Crippen molar-refractivity contribution >= 4 is 34.8 Å². The number of nitrogens with zero attached hydrogens (tertiary/aromatic N) is 2. The average molecular weight is 351 g/mol. The molecule has 1 aliphatic rings. The number of hydrogen-bond acceptors (Lipinski definition) is 3. The molecular formula is C20H21N3O3. The lowest BCUT2D eigenvalue weighted by Gasteiger charge is -2.25. The maximum atomic E-state index is 12.6. The van der Waals surface area contributed by atoms with E-state index in [9.17, 15) is 14.4 Å². The Balaban J connectivity index is 2.11. The van der Waals surface area contributed by atoms with Gasteiger partial charge in [-0.15, -0.1) is 6.58 Å². The predicted molar refractivity (Wildman–Crippen MR) is 100 cm³/mol. The highest BCUT2D eigenvalue weighted by atomic mass is 16.2. The van der Waals surface area contributed by atoms with Crippen LogP contribution in [-0.2, 0) is 9.59 Å². The zero-order chi connectivity index (χ0) is 18.8. The molecule has 134 valence electrons. The van der Waals surface area contributed by atoms with E-state index in [0.29, 0.717) is 0 Å². The molecule has 1 aromatic heterocycles. The minimum atomic E-state index is -0.723. The Morgan fingerprint density at radius 3 is 2.65 bits per heavy atom. The Morgan fingerprint density at radius 1 is 1.23 bits per heavy atom. The number of carbonyl (C=O) groups is 3. The molecule has 1 aliphatic heterocycles. The van der Waals surface area contributed by atoms with Crippen LogP contribution in [0.15, 0.2) is 48.7 Å². The van der Waals surface area contributed by atoms with Gasteiger partial charge in [-0.05, 0) is 25.5 Å². The molecule has 4 amide bonds. The predicted octanol–water partition coefficient (Wildman–Crippen LogP) is 3.26. The van der Waals surface area contributed by atoms with E-state index in [1.54, 1.807) is 6.08 Å². The van der Waals surface area contributed by atoms with Gasteiger partial charge < -0.3 is 4.57 Å². The number of benzene rings is 1. The first-order chi connectivity index (χ1) is 12.5. The number of carbonyl (C=O) groups excluding carboxylic acids is 3. The van der Waals surface area contributed by atoms with Crippen molar-refractivity contribution in [3.8, 4) is 0 Å². The number of para-hydroxylation sites is 1. The lowest BCUT2D eigenvalue weighted by atomic mass is 10.1. The number of hydrogen-bond donors (Lipinski definition) is 1. The number of amides is 4. The van der Waals surface area contributed by atoms with Crippen LogP contribution in [0.4, 0.5) is 4.79 Å². The van der Waals surface area contributed by atoms with Gasteiger partial charge in [-0.2, -0.15) is 0 Å². The summed E-state index contributed by atoms with van der Waals surface area (Å²) in [5.74, 6) is -1.29. The molecule has 6 heteroatoms. The molecule has 0 unspecified atom stereocenters. The molecule has 0 radical (unpaired) electrons. The van der Waals surface area contributed by atoms with Crippen molar-refractivity contribution in [3.05, 3.63) is 54.3 Å². The second-order valence-corrected chi connectivity index (χ2v) is 6.29. The van der Waals surface area contributed by atoms with Gasteiger partial charge in [-0.25, -0.2) is 4.79 Å². The molecular weight excluding hydrogens is 330 g/mol. The number of aromatic nitrogens is 1. The molecule has 0 saturated carbocycles. The molecule has 3 rings (SSSR count). The van der Waals surface area contributed by atoms with E-state index in [1.165, 1.54) is 6.08 Å². The number of barbiturate groups is 1. The van der Waals surface area contributed by atoms with Gasteiger partial charge in [0.1, 0.15) is 5.57 Å². The molecule has 0 bridgehead atoms. The van der Waals surface area contributed by atoms with Crippen molar-refractivity contribution in [1.82, 2.24) is 14.8 Å². The fourth-order valence-corrected chi connectivity index (χ4v) is 3.05. The van der Waals surface area contributed by atoms with Crippen LogP contribution in [0.25, 0.3) is 17.0 Å². The second-order valence-electron chi connectivity index (χ2n) is 6.29. The fraction of sp³-hybridized carbons (Fsp3) is 0.250. The van der Waals surface area contributed by atoms with Crippen LogP contribution in [0.1, 0.15) is 31.9 Å². The summed E-state index contributed by atoms with van der Waals surface area (Å²) in [5.41, 5.74) is 1.75. The summed E-state index contributed by atoms with van der Waals surface area (Å²) in [5, 5.41) is 3.16. The van der Waals surface area contributed by atoms with Gasteiger partial charge in [0.15, 0.2) is 0 Å². The highest BCUT2D eigenvalue weighted by molar-refractivity contribution is 6.31. The van der Waals surface area contributed by atoms with Crippen LogP contribution in [0.3, 0.4) is 0 Å². The second kappa shape index (κ2) is 7.00. The van der Waals surface area contributed by atoms with Gasteiger partial charge in [-0.1, -0.05) is 31.2 Å². The molecule has 0 aliphatic carbocycles.